The number of halogens is 3. The molecule has 0 saturated heterocycles. The molecule has 0 aliphatic heterocycles. The normalized spacial score (nSPS) is 13.0. The Morgan fingerprint density at radius 2 is 2.15 bits per heavy atom. The molecule has 0 saturated carbocycles. The number of rotatable bonds is 6. The van der Waals surface area contributed by atoms with Crippen molar-refractivity contribution in [2.45, 2.75) is 32.2 Å². The third-order valence-corrected chi connectivity index (χ3v) is 1.25. The lowest BCUT2D eigenvalue weighted by atomic mass is 10.3. The van der Waals surface area contributed by atoms with E-state index in [2.05, 4.69) is 4.84 Å². The first-order valence-corrected chi connectivity index (χ1v) is 3.91. The van der Waals surface area contributed by atoms with Gasteiger partial charge in [-0.2, -0.15) is 0 Å². The minimum atomic E-state index is -2.89. The van der Waals surface area contributed by atoms with Crippen molar-refractivity contribution in [2.75, 3.05) is 6.67 Å². The van der Waals surface area contributed by atoms with Gasteiger partial charge in [0.05, 0.1) is 0 Å². The second kappa shape index (κ2) is 6.71. The molecule has 13 heavy (non-hydrogen) atoms. The van der Waals surface area contributed by atoms with Gasteiger partial charge in [-0.3, -0.25) is 4.79 Å². The first kappa shape index (κ1) is 12.2. The van der Waals surface area contributed by atoms with E-state index >= 15 is 0 Å². The van der Waals surface area contributed by atoms with Crippen molar-refractivity contribution in [3.8, 4) is 0 Å². The predicted molar refractivity (Wildman–Crippen MR) is 39.9 cm³/mol. The van der Waals surface area contributed by atoms with Crippen LogP contribution in [0, 0.1) is 0 Å². The second-order valence-corrected chi connectivity index (χ2v) is 2.44. The Morgan fingerprint density at radius 3 is 2.54 bits per heavy atom. The highest BCUT2D eigenvalue weighted by molar-refractivity contribution is 5.68. The quantitative estimate of drug-likeness (QED) is 0.658. The van der Waals surface area contributed by atoms with E-state index in [-0.39, 0.29) is 6.42 Å². The summed E-state index contributed by atoms with van der Waals surface area (Å²) in [6, 6.07) is -1.74. The zero-order valence-corrected chi connectivity index (χ0v) is 7.23. The van der Waals surface area contributed by atoms with Crippen LogP contribution in [0.4, 0.5) is 13.2 Å². The smallest absolute Gasteiger partial charge is 0.324 e. The number of hydroxylamine groups is 1. The molecule has 0 spiro atoms. The van der Waals surface area contributed by atoms with Crippen LogP contribution in [0.1, 0.15) is 19.8 Å². The van der Waals surface area contributed by atoms with Gasteiger partial charge in [-0.25, -0.2) is 13.2 Å². The summed E-state index contributed by atoms with van der Waals surface area (Å²) in [5, 5.41) is 0. The van der Waals surface area contributed by atoms with Crippen molar-refractivity contribution >= 4 is 5.97 Å². The number of nitrogens with one attached hydrogen (secondary N) is 1. The summed E-state index contributed by atoms with van der Waals surface area (Å²) >= 11 is 0. The minimum Gasteiger partial charge on any atom is -0.370 e. The van der Waals surface area contributed by atoms with Gasteiger partial charge in [0.15, 0.2) is 0 Å². The maximum atomic E-state index is 11.8. The summed E-state index contributed by atoms with van der Waals surface area (Å²) in [6.07, 6.45) is -2.22. The highest BCUT2D eigenvalue weighted by Gasteiger charge is 2.21. The van der Waals surface area contributed by atoms with Crippen LogP contribution in [-0.2, 0) is 9.63 Å². The summed E-state index contributed by atoms with van der Waals surface area (Å²) in [7, 11) is 0. The average Bonchev–Trinajstić information content (AvgIpc) is 2.05. The summed E-state index contributed by atoms with van der Waals surface area (Å²) in [5.74, 6) is -0.665. The Hall–Kier alpha value is -0.780. The Bertz CT molecular complexity index is 155. The Morgan fingerprint density at radius 1 is 1.54 bits per heavy atom. The van der Waals surface area contributed by atoms with Gasteiger partial charge in [0.2, 0.25) is 0 Å². The molecular weight excluding hydrogens is 187 g/mol. The Labute approximate surface area is 74.2 Å². The van der Waals surface area contributed by atoms with Gasteiger partial charge in [-0.15, -0.1) is 5.48 Å². The molecule has 0 rings (SSSR count). The molecule has 6 heteroatoms. The van der Waals surface area contributed by atoms with Crippen molar-refractivity contribution in [3.63, 3.8) is 0 Å². The Balaban J connectivity index is 3.65. The van der Waals surface area contributed by atoms with Crippen molar-refractivity contribution < 1.29 is 22.8 Å². The third-order valence-electron chi connectivity index (χ3n) is 1.25. The number of hydrogen-bond acceptors (Lipinski definition) is 3. The lowest BCUT2D eigenvalue weighted by Gasteiger charge is -2.12. The molecule has 1 atom stereocenters. The molecule has 0 aliphatic carbocycles. The molecule has 0 aromatic rings. The molecule has 78 valence electrons. The molecule has 0 bridgehead atoms. The third kappa shape index (κ3) is 5.46. The fourth-order valence-electron chi connectivity index (χ4n) is 0.547. The van der Waals surface area contributed by atoms with Gasteiger partial charge in [0.25, 0.3) is 6.43 Å². The van der Waals surface area contributed by atoms with E-state index in [1.807, 2.05) is 0 Å². The van der Waals surface area contributed by atoms with Crippen LogP contribution in [0.15, 0.2) is 0 Å². The van der Waals surface area contributed by atoms with Crippen LogP contribution in [0.2, 0.25) is 0 Å². The largest absolute Gasteiger partial charge is 0.370 e. The maximum absolute atomic E-state index is 11.8. The molecular formula is C7H12F3NO2. The van der Waals surface area contributed by atoms with Crippen LogP contribution < -0.4 is 5.48 Å². The standard InChI is InChI=1S/C7H12F3NO2/c1-2-3-6(12)13-11-5(4-8)7(9)10/h5,7,11H,2-4H2,1H3. The van der Waals surface area contributed by atoms with E-state index in [1.54, 1.807) is 12.4 Å². The molecule has 0 fully saturated rings. The van der Waals surface area contributed by atoms with Crippen LogP contribution >= 0.6 is 0 Å². The minimum absolute atomic E-state index is 0.120. The predicted octanol–water partition coefficient (Wildman–Crippen LogP) is 1.44. The first-order chi connectivity index (χ1) is 6.11. The van der Waals surface area contributed by atoms with Gasteiger partial charge in [0.1, 0.15) is 12.7 Å². The Kier molecular flexibility index (Phi) is 6.30. The van der Waals surface area contributed by atoms with Gasteiger partial charge in [-0.05, 0) is 6.42 Å². The van der Waals surface area contributed by atoms with E-state index in [0.29, 0.717) is 6.42 Å². The second-order valence-electron chi connectivity index (χ2n) is 2.44. The fraction of sp³-hybridized carbons (Fsp3) is 0.857. The van der Waals surface area contributed by atoms with Crippen LogP contribution in [0.25, 0.3) is 0 Å². The fourth-order valence-corrected chi connectivity index (χ4v) is 0.547. The number of carbonyl (C=O) groups excluding carboxylic acids is 1. The highest BCUT2D eigenvalue weighted by Crippen LogP contribution is 2.01. The summed E-state index contributed by atoms with van der Waals surface area (Å²) in [4.78, 5) is 14.8. The van der Waals surface area contributed by atoms with E-state index in [0.717, 1.165) is 0 Å². The average molecular weight is 199 g/mol. The zero-order valence-electron chi connectivity index (χ0n) is 7.23. The van der Waals surface area contributed by atoms with Gasteiger partial charge >= 0.3 is 5.97 Å². The van der Waals surface area contributed by atoms with E-state index in [4.69, 9.17) is 0 Å². The monoisotopic (exact) mass is 199 g/mol. The topological polar surface area (TPSA) is 38.3 Å². The molecule has 0 heterocycles. The van der Waals surface area contributed by atoms with E-state index in [9.17, 15) is 18.0 Å². The number of alkyl halides is 3. The molecule has 0 aromatic carbocycles. The molecule has 0 aliphatic rings. The molecule has 3 nitrogen and oxygen atoms in total. The van der Waals surface area contributed by atoms with Crippen molar-refractivity contribution in [3.05, 3.63) is 0 Å². The highest BCUT2D eigenvalue weighted by atomic mass is 19.3. The van der Waals surface area contributed by atoms with Gasteiger partial charge in [-0.1, -0.05) is 6.92 Å². The molecule has 0 radical (unpaired) electrons. The summed E-state index contributed by atoms with van der Waals surface area (Å²) in [6.45, 7) is 0.456. The van der Waals surface area contributed by atoms with E-state index < -0.39 is 25.1 Å². The van der Waals surface area contributed by atoms with Crippen LogP contribution in [-0.4, -0.2) is 25.1 Å². The van der Waals surface area contributed by atoms with Gasteiger partial charge < -0.3 is 4.84 Å². The lowest BCUT2D eigenvalue weighted by Crippen LogP contribution is -2.38. The summed E-state index contributed by atoms with van der Waals surface area (Å²) in [5.41, 5.74) is 1.68. The lowest BCUT2D eigenvalue weighted by molar-refractivity contribution is -0.155. The van der Waals surface area contributed by atoms with Crippen LogP contribution in [0.3, 0.4) is 0 Å². The van der Waals surface area contributed by atoms with Crippen molar-refractivity contribution in [1.29, 1.82) is 0 Å². The maximum Gasteiger partial charge on any atom is 0.324 e. The summed E-state index contributed by atoms with van der Waals surface area (Å²) < 4.78 is 35.5. The number of hydrogen-bond donors (Lipinski definition) is 1. The SMILES string of the molecule is CCCC(=O)ONC(CF)C(F)F. The number of carbonyl (C=O) groups is 1. The van der Waals surface area contributed by atoms with Crippen LogP contribution in [0.5, 0.6) is 0 Å². The molecule has 1 N–H and O–H groups in total. The van der Waals surface area contributed by atoms with Crippen molar-refractivity contribution in [2.24, 2.45) is 0 Å². The van der Waals surface area contributed by atoms with Gasteiger partial charge in [0, 0.05) is 6.42 Å². The van der Waals surface area contributed by atoms with E-state index in [1.165, 1.54) is 0 Å². The molecule has 0 aromatic heterocycles. The zero-order chi connectivity index (χ0) is 10.3. The molecule has 0 amide bonds. The first-order valence-electron chi connectivity index (χ1n) is 3.91. The molecule has 1 unspecified atom stereocenters. The van der Waals surface area contributed by atoms with Crippen molar-refractivity contribution in [1.82, 2.24) is 5.48 Å².